The maximum absolute atomic E-state index is 13.5. The van der Waals surface area contributed by atoms with Gasteiger partial charge in [-0.15, -0.1) is 12.4 Å². The first-order chi connectivity index (χ1) is 7.02. The minimum absolute atomic E-state index is 0. The predicted molar refractivity (Wildman–Crippen MR) is 69.7 cm³/mol. The first-order valence-corrected chi connectivity index (χ1v) is 5.59. The fourth-order valence-electron chi connectivity index (χ4n) is 1.52. The van der Waals surface area contributed by atoms with E-state index in [9.17, 15) is 4.39 Å². The van der Waals surface area contributed by atoms with Crippen LogP contribution in [0.5, 0.6) is 0 Å². The zero-order chi connectivity index (χ0) is 11.4. The van der Waals surface area contributed by atoms with Crippen LogP contribution in [0.25, 0.3) is 0 Å². The van der Waals surface area contributed by atoms with Gasteiger partial charge < -0.3 is 5.73 Å². The molecule has 0 aliphatic heterocycles. The van der Waals surface area contributed by atoms with Gasteiger partial charge in [-0.2, -0.15) is 0 Å². The van der Waals surface area contributed by atoms with Crippen LogP contribution >= 0.6 is 24.0 Å². The Hall–Kier alpha value is -0.310. The van der Waals surface area contributed by atoms with Gasteiger partial charge in [-0.25, -0.2) is 4.39 Å². The van der Waals surface area contributed by atoms with Gasteiger partial charge in [0.05, 0.1) is 0 Å². The van der Waals surface area contributed by atoms with Gasteiger partial charge >= 0.3 is 0 Å². The highest BCUT2D eigenvalue weighted by Gasteiger charge is 2.15. The Morgan fingerprint density at radius 2 is 1.94 bits per heavy atom. The second-order valence-electron chi connectivity index (χ2n) is 4.21. The van der Waals surface area contributed by atoms with Gasteiger partial charge in [0.25, 0.3) is 0 Å². The molecule has 0 bridgehead atoms. The average Bonchev–Trinajstić information content (AvgIpc) is 2.14. The molecule has 0 unspecified atom stereocenters. The first kappa shape index (κ1) is 15.7. The van der Waals surface area contributed by atoms with E-state index in [1.54, 1.807) is 12.1 Å². The lowest BCUT2D eigenvalue weighted by Gasteiger charge is -2.15. The third-order valence-electron chi connectivity index (χ3n) is 2.43. The number of halogens is 3. The van der Waals surface area contributed by atoms with Crippen molar-refractivity contribution in [1.29, 1.82) is 0 Å². The summed E-state index contributed by atoms with van der Waals surface area (Å²) in [5.74, 6) is 0.264. The first-order valence-electron chi connectivity index (χ1n) is 5.22. The molecule has 0 spiro atoms. The van der Waals surface area contributed by atoms with Crippen LogP contribution in [-0.4, -0.2) is 0 Å². The molecular weight excluding hydrogens is 248 g/mol. The molecule has 92 valence electrons. The average molecular weight is 266 g/mol. The van der Waals surface area contributed by atoms with E-state index in [4.69, 9.17) is 17.3 Å². The third kappa shape index (κ3) is 4.28. The van der Waals surface area contributed by atoms with Crippen molar-refractivity contribution in [3.8, 4) is 0 Å². The minimum Gasteiger partial charge on any atom is -0.324 e. The van der Waals surface area contributed by atoms with Crippen LogP contribution in [0.3, 0.4) is 0 Å². The monoisotopic (exact) mass is 265 g/mol. The van der Waals surface area contributed by atoms with Crippen LogP contribution in [0.4, 0.5) is 4.39 Å². The van der Waals surface area contributed by atoms with Crippen LogP contribution in [-0.2, 0) is 0 Å². The van der Waals surface area contributed by atoms with Gasteiger partial charge in [-0.05, 0) is 30.9 Å². The van der Waals surface area contributed by atoms with Crippen molar-refractivity contribution in [3.05, 3.63) is 34.6 Å². The highest BCUT2D eigenvalue weighted by molar-refractivity contribution is 6.31. The van der Waals surface area contributed by atoms with Crippen LogP contribution in [0.1, 0.15) is 38.3 Å². The molecule has 1 atom stereocenters. The van der Waals surface area contributed by atoms with E-state index in [1.165, 1.54) is 6.07 Å². The fraction of sp³-hybridized carbons (Fsp3) is 0.500. The lowest BCUT2D eigenvalue weighted by atomic mass is 9.98. The molecule has 2 N–H and O–H groups in total. The largest absolute Gasteiger partial charge is 0.324 e. The van der Waals surface area contributed by atoms with E-state index in [-0.39, 0.29) is 24.3 Å². The molecule has 0 fully saturated rings. The lowest BCUT2D eigenvalue weighted by Crippen LogP contribution is -2.13. The number of nitrogens with two attached hydrogens (primary N) is 1. The summed E-state index contributed by atoms with van der Waals surface area (Å²) in [5, 5.41) is 0.422. The molecule has 1 rings (SSSR count). The van der Waals surface area contributed by atoms with E-state index in [2.05, 4.69) is 13.8 Å². The second-order valence-corrected chi connectivity index (χ2v) is 4.62. The summed E-state index contributed by atoms with van der Waals surface area (Å²) in [7, 11) is 0. The Bertz CT molecular complexity index is 309. The molecule has 1 nitrogen and oxygen atoms in total. The Morgan fingerprint density at radius 1 is 1.31 bits per heavy atom. The van der Waals surface area contributed by atoms with Gasteiger partial charge in [0, 0.05) is 16.6 Å². The number of rotatable bonds is 4. The highest BCUT2D eigenvalue weighted by atomic mass is 35.5. The standard InChI is InChI=1S/C12H17ClFN.ClH/c1-8(2)6-7-11(15)12-9(13)4-3-5-10(12)14;/h3-5,8,11H,6-7,15H2,1-2H3;1H/t11-;/m1./s1. The van der Waals surface area contributed by atoms with Crippen molar-refractivity contribution in [2.75, 3.05) is 0 Å². The zero-order valence-electron chi connectivity index (χ0n) is 9.54. The van der Waals surface area contributed by atoms with Gasteiger partial charge in [-0.3, -0.25) is 0 Å². The number of benzene rings is 1. The Morgan fingerprint density at radius 3 is 2.44 bits per heavy atom. The fourth-order valence-corrected chi connectivity index (χ4v) is 1.83. The van der Waals surface area contributed by atoms with Gasteiger partial charge in [-0.1, -0.05) is 31.5 Å². The van der Waals surface area contributed by atoms with Crippen molar-refractivity contribution in [1.82, 2.24) is 0 Å². The Balaban J connectivity index is 0.00000225. The number of hydrogen-bond acceptors (Lipinski definition) is 1. The molecule has 0 aromatic heterocycles. The highest BCUT2D eigenvalue weighted by Crippen LogP contribution is 2.27. The van der Waals surface area contributed by atoms with E-state index in [0.717, 1.165) is 12.8 Å². The third-order valence-corrected chi connectivity index (χ3v) is 2.76. The maximum atomic E-state index is 13.5. The summed E-state index contributed by atoms with van der Waals surface area (Å²) >= 11 is 5.92. The molecule has 0 saturated carbocycles. The molecule has 0 saturated heterocycles. The van der Waals surface area contributed by atoms with Gasteiger partial charge in [0.1, 0.15) is 5.82 Å². The second kappa shape index (κ2) is 7.10. The topological polar surface area (TPSA) is 26.0 Å². The van der Waals surface area contributed by atoms with Crippen molar-refractivity contribution < 1.29 is 4.39 Å². The Labute approximate surface area is 108 Å². The lowest BCUT2D eigenvalue weighted by molar-refractivity contribution is 0.491. The molecule has 0 amide bonds. The summed E-state index contributed by atoms with van der Waals surface area (Å²) in [6.45, 7) is 4.24. The van der Waals surface area contributed by atoms with Crippen molar-refractivity contribution >= 4 is 24.0 Å². The molecule has 0 radical (unpaired) electrons. The maximum Gasteiger partial charge on any atom is 0.129 e. The SMILES string of the molecule is CC(C)CC[C@@H](N)c1c(F)cccc1Cl.Cl. The summed E-state index contributed by atoms with van der Waals surface area (Å²) in [5.41, 5.74) is 6.36. The zero-order valence-corrected chi connectivity index (χ0v) is 11.1. The van der Waals surface area contributed by atoms with E-state index in [1.807, 2.05) is 0 Å². The summed E-state index contributed by atoms with van der Waals surface area (Å²) in [6.07, 6.45) is 1.74. The summed E-state index contributed by atoms with van der Waals surface area (Å²) in [6, 6.07) is 4.36. The quantitative estimate of drug-likeness (QED) is 0.862. The number of hydrogen-bond donors (Lipinski definition) is 1. The van der Waals surface area contributed by atoms with Crippen LogP contribution < -0.4 is 5.73 Å². The van der Waals surface area contributed by atoms with Gasteiger partial charge in [0.2, 0.25) is 0 Å². The van der Waals surface area contributed by atoms with Crippen LogP contribution in [0.2, 0.25) is 5.02 Å². The normalized spacial score (nSPS) is 12.4. The minimum atomic E-state index is -0.307. The molecule has 1 aromatic carbocycles. The molecule has 16 heavy (non-hydrogen) atoms. The molecule has 0 aliphatic rings. The van der Waals surface area contributed by atoms with Crippen molar-refractivity contribution in [2.24, 2.45) is 11.7 Å². The smallest absolute Gasteiger partial charge is 0.129 e. The predicted octanol–water partition coefficient (Wildman–Crippen LogP) is 4.34. The van der Waals surface area contributed by atoms with Crippen LogP contribution in [0, 0.1) is 11.7 Å². The summed E-state index contributed by atoms with van der Waals surface area (Å²) in [4.78, 5) is 0. The molecular formula is C12H18Cl2FN. The van der Waals surface area contributed by atoms with E-state index >= 15 is 0 Å². The Kier molecular flexibility index (Phi) is 6.96. The summed E-state index contributed by atoms with van der Waals surface area (Å²) < 4.78 is 13.5. The van der Waals surface area contributed by atoms with Crippen LogP contribution in [0.15, 0.2) is 18.2 Å². The van der Waals surface area contributed by atoms with E-state index in [0.29, 0.717) is 16.5 Å². The van der Waals surface area contributed by atoms with Crippen molar-refractivity contribution in [2.45, 2.75) is 32.7 Å². The van der Waals surface area contributed by atoms with Gasteiger partial charge in [0.15, 0.2) is 0 Å². The molecule has 1 aromatic rings. The molecule has 4 heteroatoms. The molecule has 0 aliphatic carbocycles. The molecule has 0 heterocycles. The van der Waals surface area contributed by atoms with E-state index < -0.39 is 0 Å². The van der Waals surface area contributed by atoms with Crippen molar-refractivity contribution in [3.63, 3.8) is 0 Å².